The van der Waals surface area contributed by atoms with Crippen LogP contribution >= 0.6 is 0 Å². The van der Waals surface area contributed by atoms with Crippen molar-refractivity contribution in [2.24, 2.45) is 0 Å². The summed E-state index contributed by atoms with van der Waals surface area (Å²) in [5, 5.41) is 16.9. The smallest absolute Gasteiger partial charge is 0.311 e. The first-order valence-electron chi connectivity index (χ1n) is 3.82. The molecule has 74 valence electrons. The predicted molar refractivity (Wildman–Crippen MR) is 44.7 cm³/mol. The molecule has 14 heavy (non-hydrogen) atoms. The topological polar surface area (TPSA) is 100 Å². The first-order chi connectivity index (χ1) is 6.58. The first-order valence-corrected chi connectivity index (χ1v) is 3.82. The highest BCUT2D eigenvalue weighted by Crippen LogP contribution is 1.97. The highest BCUT2D eigenvalue weighted by atomic mass is 16.4. The van der Waals surface area contributed by atoms with Crippen LogP contribution in [0.3, 0.4) is 0 Å². The number of hydrogen-bond acceptors (Lipinski definition) is 4. The third-order valence-electron chi connectivity index (χ3n) is 1.40. The van der Waals surface area contributed by atoms with Gasteiger partial charge >= 0.3 is 11.9 Å². The van der Waals surface area contributed by atoms with Gasteiger partial charge in [0.2, 0.25) is 0 Å². The molecule has 0 bridgehead atoms. The van der Waals surface area contributed by atoms with E-state index in [1.165, 1.54) is 12.3 Å². The average molecular weight is 196 g/mol. The van der Waals surface area contributed by atoms with Crippen molar-refractivity contribution in [1.82, 2.24) is 9.97 Å². The Kier molecular flexibility index (Phi) is 3.11. The van der Waals surface area contributed by atoms with Crippen molar-refractivity contribution in [2.45, 2.75) is 12.8 Å². The molecular formula is C8H8N2O4. The van der Waals surface area contributed by atoms with Crippen molar-refractivity contribution >= 4 is 11.9 Å². The molecule has 6 nitrogen and oxygen atoms in total. The summed E-state index contributed by atoms with van der Waals surface area (Å²) in [5.41, 5.74) is 0.309. The van der Waals surface area contributed by atoms with Crippen LogP contribution in [0.5, 0.6) is 0 Å². The minimum atomic E-state index is -1.04. The van der Waals surface area contributed by atoms with E-state index in [0.29, 0.717) is 5.69 Å². The van der Waals surface area contributed by atoms with Gasteiger partial charge in [-0.2, -0.15) is 0 Å². The maximum atomic E-state index is 10.3. The predicted octanol–water partition coefficient (Wildman–Crippen LogP) is -0.269. The van der Waals surface area contributed by atoms with E-state index in [4.69, 9.17) is 10.2 Å². The molecule has 0 atom stereocenters. The second-order valence-corrected chi connectivity index (χ2v) is 2.61. The number of carbonyl (C=O) groups is 2. The Balaban J connectivity index is 2.78. The van der Waals surface area contributed by atoms with E-state index in [-0.39, 0.29) is 18.7 Å². The van der Waals surface area contributed by atoms with Crippen LogP contribution in [0.4, 0.5) is 0 Å². The van der Waals surface area contributed by atoms with E-state index in [1.54, 1.807) is 0 Å². The molecule has 0 radical (unpaired) electrons. The Bertz CT molecular complexity index is 333. The average Bonchev–Trinajstić information content (AvgIpc) is 2.01. The van der Waals surface area contributed by atoms with E-state index in [2.05, 4.69) is 9.97 Å². The number of carboxylic acids is 2. The molecule has 0 aliphatic rings. The molecule has 6 heteroatoms. The molecule has 1 heterocycles. The molecular weight excluding hydrogens is 188 g/mol. The quantitative estimate of drug-likeness (QED) is 0.687. The third kappa shape index (κ3) is 3.18. The molecule has 0 aliphatic heterocycles. The van der Waals surface area contributed by atoms with Gasteiger partial charge in [-0.25, -0.2) is 9.97 Å². The molecule has 1 aromatic heterocycles. The monoisotopic (exact) mass is 196 g/mol. The van der Waals surface area contributed by atoms with Gasteiger partial charge in [-0.05, 0) is 6.07 Å². The Morgan fingerprint density at radius 3 is 2.43 bits per heavy atom. The van der Waals surface area contributed by atoms with E-state index in [9.17, 15) is 9.59 Å². The zero-order valence-electron chi connectivity index (χ0n) is 7.17. The fourth-order valence-corrected chi connectivity index (χ4v) is 0.915. The van der Waals surface area contributed by atoms with Crippen molar-refractivity contribution < 1.29 is 19.8 Å². The van der Waals surface area contributed by atoms with Crippen LogP contribution in [-0.2, 0) is 22.4 Å². The summed E-state index contributed by atoms with van der Waals surface area (Å²) < 4.78 is 0. The van der Waals surface area contributed by atoms with E-state index >= 15 is 0 Å². The fourth-order valence-electron chi connectivity index (χ4n) is 0.915. The van der Waals surface area contributed by atoms with Gasteiger partial charge in [0, 0.05) is 6.20 Å². The molecule has 1 aromatic rings. The van der Waals surface area contributed by atoms with Crippen LogP contribution in [-0.4, -0.2) is 32.1 Å². The third-order valence-corrected chi connectivity index (χ3v) is 1.40. The van der Waals surface area contributed by atoms with Crippen LogP contribution in [0.2, 0.25) is 0 Å². The highest BCUT2D eigenvalue weighted by Gasteiger charge is 2.06. The summed E-state index contributed by atoms with van der Waals surface area (Å²) in [6.45, 7) is 0. The first kappa shape index (κ1) is 10.1. The number of nitrogens with zero attached hydrogens (tertiary/aromatic N) is 2. The molecule has 0 aromatic carbocycles. The Hall–Kier alpha value is -1.98. The number of aromatic nitrogens is 2. The summed E-state index contributed by atoms with van der Waals surface area (Å²) in [6.07, 6.45) is 0.826. The van der Waals surface area contributed by atoms with Crippen LogP contribution in [0.15, 0.2) is 12.3 Å². The van der Waals surface area contributed by atoms with Gasteiger partial charge < -0.3 is 10.2 Å². The molecule has 0 amide bonds. The maximum Gasteiger partial charge on any atom is 0.311 e. The number of hydrogen-bond donors (Lipinski definition) is 2. The summed E-state index contributed by atoms with van der Waals surface area (Å²) in [6, 6.07) is 1.44. The molecule has 0 spiro atoms. The number of aliphatic carboxylic acids is 2. The minimum absolute atomic E-state index is 0.122. The van der Waals surface area contributed by atoms with E-state index < -0.39 is 11.9 Å². The van der Waals surface area contributed by atoms with Crippen molar-refractivity contribution in [3.05, 3.63) is 23.8 Å². The molecule has 0 saturated heterocycles. The van der Waals surface area contributed by atoms with Crippen LogP contribution in [0.25, 0.3) is 0 Å². The number of rotatable bonds is 4. The Labute approximate surface area is 79.2 Å². The number of carboxylic acid groups (broad SMARTS) is 2. The summed E-state index contributed by atoms with van der Waals surface area (Å²) in [4.78, 5) is 28.1. The van der Waals surface area contributed by atoms with Gasteiger partial charge in [-0.1, -0.05) is 0 Å². The van der Waals surface area contributed by atoms with E-state index in [0.717, 1.165) is 0 Å². The maximum absolute atomic E-state index is 10.3. The van der Waals surface area contributed by atoms with Gasteiger partial charge in [0.05, 0.1) is 12.1 Å². The molecule has 0 saturated carbocycles. The zero-order valence-corrected chi connectivity index (χ0v) is 7.17. The van der Waals surface area contributed by atoms with Crippen LogP contribution in [0, 0.1) is 0 Å². The lowest BCUT2D eigenvalue weighted by Crippen LogP contribution is -2.08. The second kappa shape index (κ2) is 4.31. The van der Waals surface area contributed by atoms with Gasteiger partial charge in [0.1, 0.15) is 12.2 Å². The van der Waals surface area contributed by atoms with Gasteiger partial charge in [-0.15, -0.1) is 0 Å². The van der Waals surface area contributed by atoms with Gasteiger partial charge in [0.15, 0.2) is 0 Å². The lowest BCUT2D eigenvalue weighted by atomic mass is 10.3. The summed E-state index contributed by atoms with van der Waals surface area (Å²) >= 11 is 0. The zero-order chi connectivity index (χ0) is 10.6. The van der Waals surface area contributed by atoms with Crippen LogP contribution < -0.4 is 0 Å². The molecule has 1 rings (SSSR count). The standard InChI is InChI=1S/C8H8N2O4/c11-7(12)3-5-1-2-9-6(10-5)4-8(13)14/h1-2H,3-4H2,(H,11,12)(H,13,14). The van der Waals surface area contributed by atoms with Crippen molar-refractivity contribution in [3.63, 3.8) is 0 Å². The molecule has 0 unspecified atom stereocenters. The van der Waals surface area contributed by atoms with Crippen LogP contribution in [0.1, 0.15) is 11.5 Å². The Morgan fingerprint density at radius 1 is 1.21 bits per heavy atom. The summed E-state index contributed by atoms with van der Waals surface area (Å²) in [5.74, 6) is -1.93. The Morgan fingerprint density at radius 2 is 1.86 bits per heavy atom. The largest absolute Gasteiger partial charge is 0.481 e. The molecule has 2 N–H and O–H groups in total. The second-order valence-electron chi connectivity index (χ2n) is 2.61. The van der Waals surface area contributed by atoms with E-state index in [1.807, 2.05) is 0 Å². The summed E-state index contributed by atoms with van der Waals surface area (Å²) in [7, 11) is 0. The normalized spacial score (nSPS) is 9.71. The van der Waals surface area contributed by atoms with Gasteiger partial charge in [-0.3, -0.25) is 9.59 Å². The van der Waals surface area contributed by atoms with Crippen molar-refractivity contribution in [2.75, 3.05) is 0 Å². The lowest BCUT2D eigenvalue weighted by molar-refractivity contribution is -0.137. The lowest BCUT2D eigenvalue weighted by Gasteiger charge is -1.98. The van der Waals surface area contributed by atoms with Crippen molar-refractivity contribution in [3.8, 4) is 0 Å². The van der Waals surface area contributed by atoms with Crippen molar-refractivity contribution in [1.29, 1.82) is 0 Å². The SMILES string of the molecule is O=C(O)Cc1ccnc(CC(=O)O)n1. The van der Waals surface area contributed by atoms with Gasteiger partial charge in [0.25, 0.3) is 0 Å². The highest BCUT2D eigenvalue weighted by molar-refractivity contribution is 5.70. The molecule has 0 fully saturated rings. The fraction of sp³-hybridized carbons (Fsp3) is 0.250. The molecule has 0 aliphatic carbocycles. The minimum Gasteiger partial charge on any atom is -0.481 e.